The Hall–Kier alpha value is -2.12. The number of hydrogen-bond acceptors (Lipinski definition) is 3. The Morgan fingerprint density at radius 3 is 2.46 bits per heavy atom. The summed E-state index contributed by atoms with van der Waals surface area (Å²) >= 11 is 5.76. The molecule has 1 atom stereocenters. The zero-order valence-electron chi connectivity index (χ0n) is 12.8. The molecule has 2 aromatic carbocycles. The molecule has 0 saturated carbocycles. The van der Waals surface area contributed by atoms with Crippen LogP contribution in [0.1, 0.15) is 6.92 Å². The van der Waals surface area contributed by atoms with Gasteiger partial charge in [0, 0.05) is 10.7 Å². The van der Waals surface area contributed by atoms with Gasteiger partial charge >= 0.3 is 0 Å². The summed E-state index contributed by atoms with van der Waals surface area (Å²) in [5.74, 6) is -2.22. The smallest absolute Gasteiger partial charge is 0.233 e. The monoisotopic (exact) mass is 370 g/mol. The molecule has 0 bridgehead atoms. The van der Waals surface area contributed by atoms with Gasteiger partial charge in [0.05, 0.1) is 17.4 Å². The van der Waals surface area contributed by atoms with E-state index in [-0.39, 0.29) is 5.69 Å². The Labute approximate surface area is 144 Å². The highest BCUT2D eigenvalue weighted by Gasteiger charge is 2.22. The molecular formula is C16H16ClFN2O3S. The molecule has 1 amide bonds. The van der Waals surface area contributed by atoms with Crippen LogP contribution < -0.4 is 10.0 Å². The van der Waals surface area contributed by atoms with E-state index in [2.05, 4.69) is 10.0 Å². The van der Waals surface area contributed by atoms with Crippen molar-refractivity contribution < 1.29 is 17.6 Å². The summed E-state index contributed by atoms with van der Waals surface area (Å²) in [4.78, 5) is 12.1. The maximum Gasteiger partial charge on any atom is 0.233 e. The van der Waals surface area contributed by atoms with Crippen molar-refractivity contribution in [1.29, 1.82) is 0 Å². The van der Waals surface area contributed by atoms with Gasteiger partial charge in [0.1, 0.15) is 5.82 Å². The maximum atomic E-state index is 13.1. The molecule has 0 aromatic heterocycles. The minimum atomic E-state index is -3.79. The van der Waals surface area contributed by atoms with Gasteiger partial charge in [-0.2, -0.15) is 0 Å². The van der Waals surface area contributed by atoms with Crippen LogP contribution in [-0.2, 0) is 14.8 Å². The molecule has 0 saturated heterocycles. The van der Waals surface area contributed by atoms with E-state index in [0.29, 0.717) is 10.7 Å². The lowest BCUT2D eigenvalue weighted by molar-refractivity contribution is -0.118. The molecule has 24 heavy (non-hydrogen) atoms. The number of carbonyl (C=O) groups excluding carboxylic acids is 1. The number of benzene rings is 2. The lowest BCUT2D eigenvalue weighted by atomic mass is 10.2. The van der Waals surface area contributed by atoms with E-state index in [9.17, 15) is 17.6 Å². The van der Waals surface area contributed by atoms with Crippen molar-refractivity contribution in [2.45, 2.75) is 6.92 Å². The fraction of sp³-hybridized carbons (Fsp3) is 0.188. The largest absolute Gasteiger partial charge is 0.326 e. The van der Waals surface area contributed by atoms with Crippen molar-refractivity contribution in [3.63, 3.8) is 0 Å². The van der Waals surface area contributed by atoms with Gasteiger partial charge in [0.25, 0.3) is 0 Å². The summed E-state index contributed by atoms with van der Waals surface area (Å²) < 4.78 is 39.5. The van der Waals surface area contributed by atoms with Gasteiger partial charge in [-0.3, -0.25) is 9.52 Å². The molecule has 0 aliphatic heterocycles. The van der Waals surface area contributed by atoms with E-state index in [1.165, 1.54) is 25.1 Å². The molecule has 128 valence electrons. The number of sulfonamides is 1. The zero-order valence-corrected chi connectivity index (χ0v) is 14.4. The third kappa shape index (κ3) is 5.50. The summed E-state index contributed by atoms with van der Waals surface area (Å²) in [6, 6.07) is 11.6. The average Bonchev–Trinajstić information content (AvgIpc) is 2.48. The molecule has 8 heteroatoms. The van der Waals surface area contributed by atoms with Gasteiger partial charge in [-0.15, -0.1) is 0 Å². The van der Waals surface area contributed by atoms with Crippen molar-refractivity contribution in [1.82, 2.24) is 0 Å². The number of nitrogens with one attached hydrogen (secondary N) is 2. The Balaban J connectivity index is 1.97. The Morgan fingerprint density at radius 2 is 1.83 bits per heavy atom. The molecule has 0 heterocycles. The minimum Gasteiger partial charge on any atom is -0.326 e. The van der Waals surface area contributed by atoms with Crippen molar-refractivity contribution in [3.8, 4) is 0 Å². The Kier molecular flexibility index (Phi) is 5.80. The van der Waals surface area contributed by atoms with Crippen LogP contribution in [0.2, 0.25) is 5.02 Å². The molecule has 2 aromatic rings. The van der Waals surface area contributed by atoms with Gasteiger partial charge < -0.3 is 5.32 Å². The van der Waals surface area contributed by atoms with Crippen LogP contribution in [0, 0.1) is 11.7 Å². The van der Waals surface area contributed by atoms with Gasteiger partial charge in [-0.05, 0) is 42.5 Å². The van der Waals surface area contributed by atoms with Crippen LogP contribution in [0.25, 0.3) is 0 Å². The summed E-state index contributed by atoms with van der Waals surface area (Å²) in [6.45, 7) is 1.50. The van der Waals surface area contributed by atoms with E-state index in [4.69, 9.17) is 11.6 Å². The van der Waals surface area contributed by atoms with Crippen LogP contribution in [0.4, 0.5) is 15.8 Å². The van der Waals surface area contributed by atoms with Crippen molar-refractivity contribution in [2.24, 2.45) is 5.92 Å². The van der Waals surface area contributed by atoms with Crippen LogP contribution in [-0.4, -0.2) is 20.1 Å². The summed E-state index contributed by atoms with van der Waals surface area (Å²) in [5.41, 5.74) is 0.632. The first-order valence-corrected chi connectivity index (χ1v) is 9.11. The van der Waals surface area contributed by atoms with Crippen molar-refractivity contribution in [3.05, 3.63) is 59.4 Å². The molecule has 0 aliphatic carbocycles. The average molecular weight is 371 g/mol. The molecule has 0 fully saturated rings. The van der Waals surface area contributed by atoms with E-state index >= 15 is 0 Å². The molecule has 0 aliphatic rings. The first-order valence-electron chi connectivity index (χ1n) is 7.08. The maximum absolute atomic E-state index is 13.1. The second kappa shape index (κ2) is 7.63. The molecule has 0 spiro atoms. The molecule has 0 radical (unpaired) electrons. The highest BCUT2D eigenvalue weighted by Crippen LogP contribution is 2.16. The normalized spacial score (nSPS) is 12.5. The first kappa shape index (κ1) is 18.2. The molecule has 5 nitrogen and oxygen atoms in total. The molecular weight excluding hydrogens is 355 g/mol. The quantitative estimate of drug-likeness (QED) is 0.817. The SMILES string of the molecule is CC(CS(=O)(=O)Nc1cccc(F)c1)C(=O)Nc1ccc(Cl)cc1. The number of halogens is 2. The number of rotatable bonds is 6. The van der Waals surface area contributed by atoms with Crippen LogP contribution in [0.15, 0.2) is 48.5 Å². The van der Waals surface area contributed by atoms with E-state index < -0.39 is 33.4 Å². The highest BCUT2D eigenvalue weighted by molar-refractivity contribution is 7.92. The van der Waals surface area contributed by atoms with Gasteiger partial charge in [-0.25, -0.2) is 12.8 Å². The number of carbonyl (C=O) groups is 1. The van der Waals surface area contributed by atoms with Crippen LogP contribution in [0.5, 0.6) is 0 Å². The first-order chi connectivity index (χ1) is 11.2. The van der Waals surface area contributed by atoms with E-state index in [1.807, 2.05) is 0 Å². The van der Waals surface area contributed by atoms with Crippen LogP contribution in [0.3, 0.4) is 0 Å². The summed E-state index contributed by atoms with van der Waals surface area (Å²) in [5, 5.41) is 3.15. The fourth-order valence-electron chi connectivity index (χ4n) is 1.98. The Morgan fingerprint density at radius 1 is 1.17 bits per heavy atom. The van der Waals surface area contributed by atoms with Gasteiger partial charge in [0.15, 0.2) is 0 Å². The number of amides is 1. The van der Waals surface area contributed by atoms with E-state index in [1.54, 1.807) is 24.3 Å². The molecule has 2 N–H and O–H groups in total. The second-order valence-electron chi connectivity index (χ2n) is 5.29. The third-order valence-corrected chi connectivity index (χ3v) is 4.86. The van der Waals surface area contributed by atoms with E-state index in [0.717, 1.165) is 6.07 Å². The number of anilines is 2. The fourth-order valence-corrected chi connectivity index (χ4v) is 3.48. The standard InChI is InChI=1S/C16H16ClFN2O3S/c1-11(16(21)19-14-7-5-12(17)6-8-14)10-24(22,23)20-15-4-2-3-13(18)9-15/h2-9,11,20H,10H2,1H3,(H,19,21). The predicted molar refractivity (Wildman–Crippen MR) is 93.1 cm³/mol. The summed E-state index contributed by atoms with van der Waals surface area (Å²) in [6.07, 6.45) is 0. The van der Waals surface area contributed by atoms with Gasteiger partial charge in [0.2, 0.25) is 15.9 Å². The summed E-state index contributed by atoms with van der Waals surface area (Å²) in [7, 11) is -3.79. The Bertz CT molecular complexity index is 825. The molecule has 1 unspecified atom stereocenters. The van der Waals surface area contributed by atoms with Gasteiger partial charge in [-0.1, -0.05) is 24.6 Å². The second-order valence-corrected chi connectivity index (χ2v) is 7.49. The van der Waals surface area contributed by atoms with Crippen molar-refractivity contribution in [2.75, 3.05) is 15.8 Å². The topological polar surface area (TPSA) is 75.3 Å². The third-order valence-electron chi connectivity index (χ3n) is 3.13. The lowest BCUT2D eigenvalue weighted by Crippen LogP contribution is -2.29. The van der Waals surface area contributed by atoms with Crippen molar-refractivity contribution >= 4 is 38.9 Å². The highest BCUT2D eigenvalue weighted by atomic mass is 35.5. The zero-order chi connectivity index (χ0) is 17.7. The molecule has 2 rings (SSSR count). The lowest BCUT2D eigenvalue weighted by Gasteiger charge is -2.14. The predicted octanol–water partition coefficient (Wildman–Crippen LogP) is 3.50. The number of hydrogen-bond donors (Lipinski definition) is 2. The minimum absolute atomic E-state index is 0.111. The van der Waals surface area contributed by atoms with Crippen LogP contribution >= 0.6 is 11.6 Å².